The number of nitrogens with zero attached hydrogens (tertiary/aromatic N) is 1. The molecule has 0 aliphatic heterocycles. The SMILES string of the molecule is CO[Si](C)(CCCN(CCO)CCO)OC. The first kappa shape index (κ1) is 16.0. The number of rotatable bonds is 10. The molecule has 0 radical (unpaired) electrons. The summed E-state index contributed by atoms with van der Waals surface area (Å²) in [5.74, 6) is 0. The van der Waals surface area contributed by atoms with Crippen LogP contribution in [0.3, 0.4) is 0 Å². The predicted molar refractivity (Wildman–Crippen MR) is 65.7 cm³/mol. The molecule has 0 bridgehead atoms. The quantitative estimate of drug-likeness (QED) is 0.536. The summed E-state index contributed by atoms with van der Waals surface area (Å²) in [6.45, 7) is 4.37. The van der Waals surface area contributed by atoms with Crippen LogP contribution in [0, 0.1) is 0 Å². The van der Waals surface area contributed by atoms with Gasteiger partial charge >= 0.3 is 8.56 Å². The summed E-state index contributed by atoms with van der Waals surface area (Å²) in [4.78, 5) is 2.04. The highest BCUT2D eigenvalue weighted by Crippen LogP contribution is 2.13. The van der Waals surface area contributed by atoms with E-state index in [1.54, 1.807) is 14.2 Å². The van der Waals surface area contributed by atoms with Gasteiger partial charge in [-0.1, -0.05) is 0 Å². The van der Waals surface area contributed by atoms with Gasteiger partial charge in [-0.3, -0.25) is 4.90 Å². The lowest BCUT2D eigenvalue weighted by Gasteiger charge is -2.25. The third-order valence-corrected chi connectivity index (χ3v) is 5.79. The molecular weight excluding hydrogens is 226 g/mol. The second-order valence-corrected chi connectivity index (χ2v) is 7.52. The number of hydrogen-bond acceptors (Lipinski definition) is 5. The molecule has 0 aromatic heterocycles. The van der Waals surface area contributed by atoms with Gasteiger partial charge in [-0.2, -0.15) is 0 Å². The zero-order valence-electron chi connectivity index (χ0n) is 10.6. The van der Waals surface area contributed by atoms with Crippen molar-refractivity contribution in [1.82, 2.24) is 4.90 Å². The van der Waals surface area contributed by atoms with Crippen LogP contribution in [0.2, 0.25) is 12.6 Å². The van der Waals surface area contributed by atoms with Gasteiger partial charge < -0.3 is 19.1 Å². The molecule has 0 aliphatic carbocycles. The fraction of sp³-hybridized carbons (Fsp3) is 1.00. The number of aliphatic hydroxyl groups excluding tert-OH is 2. The van der Waals surface area contributed by atoms with Crippen LogP contribution in [0.5, 0.6) is 0 Å². The molecule has 16 heavy (non-hydrogen) atoms. The van der Waals surface area contributed by atoms with E-state index in [0.29, 0.717) is 13.1 Å². The lowest BCUT2D eigenvalue weighted by Crippen LogP contribution is -2.38. The molecule has 0 spiro atoms. The first-order chi connectivity index (χ1) is 7.61. The van der Waals surface area contributed by atoms with Gasteiger partial charge in [0.1, 0.15) is 0 Å². The summed E-state index contributed by atoms with van der Waals surface area (Å²) in [7, 11) is 1.42. The van der Waals surface area contributed by atoms with Crippen LogP contribution in [-0.2, 0) is 8.85 Å². The molecule has 0 saturated heterocycles. The van der Waals surface area contributed by atoms with Gasteiger partial charge in [-0.15, -0.1) is 0 Å². The Morgan fingerprint density at radius 3 is 1.88 bits per heavy atom. The molecule has 0 aromatic carbocycles. The molecule has 0 amide bonds. The van der Waals surface area contributed by atoms with Crippen molar-refractivity contribution in [3.05, 3.63) is 0 Å². The highest BCUT2D eigenvalue weighted by Gasteiger charge is 2.27. The normalized spacial score (nSPS) is 12.4. The van der Waals surface area contributed by atoms with E-state index in [4.69, 9.17) is 19.1 Å². The Morgan fingerprint density at radius 2 is 1.50 bits per heavy atom. The Bertz CT molecular complexity index is 161. The maximum Gasteiger partial charge on any atom is 0.334 e. The van der Waals surface area contributed by atoms with Crippen LogP contribution < -0.4 is 0 Å². The number of hydrogen-bond donors (Lipinski definition) is 2. The van der Waals surface area contributed by atoms with Crippen LogP contribution in [-0.4, -0.2) is 70.7 Å². The molecule has 0 unspecified atom stereocenters. The van der Waals surface area contributed by atoms with Gasteiger partial charge in [-0.25, -0.2) is 0 Å². The molecule has 6 heteroatoms. The minimum atomic E-state index is -1.96. The average Bonchev–Trinajstić information content (AvgIpc) is 2.29. The zero-order chi connectivity index (χ0) is 12.4. The van der Waals surface area contributed by atoms with Crippen LogP contribution in [0.4, 0.5) is 0 Å². The lowest BCUT2D eigenvalue weighted by atomic mass is 10.4. The molecule has 2 N–H and O–H groups in total. The summed E-state index contributed by atoms with van der Waals surface area (Å²) < 4.78 is 10.8. The third kappa shape index (κ3) is 6.57. The van der Waals surface area contributed by atoms with E-state index in [-0.39, 0.29) is 13.2 Å². The largest absolute Gasteiger partial charge is 0.398 e. The minimum Gasteiger partial charge on any atom is -0.398 e. The first-order valence-corrected chi connectivity index (χ1v) is 8.18. The first-order valence-electron chi connectivity index (χ1n) is 5.66. The summed E-state index contributed by atoms with van der Waals surface area (Å²) in [6, 6.07) is 0.924. The maximum atomic E-state index is 8.85. The molecule has 98 valence electrons. The second kappa shape index (κ2) is 9.09. The highest BCUT2D eigenvalue weighted by atomic mass is 28.4. The van der Waals surface area contributed by atoms with E-state index in [1.807, 2.05) is 11.4 Å². The molecule has 0 saturated carbocycles. The van der Waals surface area contributed by atoms with Crippen molar-refractivity contribution in [3.8, 4) is 0 Å². The highest BCUT2D eigenvalue weighted by molar-refractivity contribution is 6.65. The maximum absolute atomic E-state index is 8.85. The van der Waals surface area contributed by atoms with Gasteiger partial charge in [0.2, 0.25) is 0 Å². The van der Waals surface area contributed by atoms with Gasteiger partial charge in [0.05, 0.1) is 13.2 Å². The molecule has 5 nitrogen and oxygen atoms in total. The molecular formula is C10H25NO4Si. The standard InChI is InChI=1S/C10H25NO4Si/c1-14-16(3,15-2)10-4-5-11(6-8-12)7-9-13/h12-13H,4-10H2,1-3H3. The van der Waals surface area contributed by atoms with E-state index < -0.39 is 8.56 Å². The van der Waals surface area contributed by atoms with Crippen LogP contribution in [0.25, 0.3) is 0 Å². The zero-order valence-corrected chi connectivity index (χ0v) is 11.6. The number of aliphatic hydroxyl groups is 2. The smallest absolute Gasteiger partial charge is 0.334 e. The van der Waals surface area contributed by atoms with Gasteiger partial charge in [0.15, 0.2) is 0 Å². The third-order valence-electron chi connectivity index (χ3n) is 2.80. The topological polar surface area (TPSA) is 62.2 Å². The summed E-state index contributed by atoms with van der Waals surface area (Å²) >= 11 is 0. The van der Waals surface area contributed by atoms with Gasteiger partial charge in [-0.05, 0) is 25.6 Å². The molecule has 0 rings (SSSR count). The van der Waals surface area contributed by atoms with Gasteiger partial charge in [0.25, 0.3) is 0 Å². The molecule has 0 fully saturated rings. The fourth-order valence-electron chi connectivity index (χ4n) is 1.53. The Kier molecular flexibility index (Phi) is 9.10. The predicted octanol–water partition coefficient (Wildman–Crippen LogP) is 0.0279. The van der Waals surface area contributed by atoms with Crippen molar-refractivity contribution in [2.45, 2.75) is 19.0 Å². The Hall–Kier alpha value is 0.0169. The van der Waals surface area contributed by atoms with Crippen molar-refractivity contribution in [1.29, 1.82) is 0 Å². The van der Waals surface area contributed by atoms with Crippen LogP contribution in [0.15, 0.2) is 0 Å². The molecule has 0 aliphatic rings. The average molecular weight is 251 g/mol. The van der Waals surface area contributed by atoms with Crippen molar-refractivity contribution in [2.75, 3.05) is 47.1 Å². The minimum absolute atomic E-state index is 0.128. The van der Waals surface area contributed by atoms with Crippen LogP contribution in [0.1, 0.15) is 6.42 Å². The van der Waals surface area contributed by atoms with Gasteiger partial charge in [0, 0.05) is 27.3 Å². The Balaban J connectivity index is 3.83. The summed E-state index contributed by atoms with van der Waals surface area (Å²) in [5.41, 5.74) is 0. The Morgan fingerprint density at radius 1 is 1.00 bits per heavy atom. The summed E-state index contributed by atoms with van der Waals surface area (Å²) in [6.07, 6.45) is 0.963. The van der Waals surface area contributed by atoms with E-state index in [1.165, 1.54) is 0 Å². The van der Waals surface area contributed by atoms with E-state index in [9.17, 15) is 0 Å². The lowest BCUT2D eigenvalue weighted by molar-refractivity contribution is 0.159. The second-order valence-electron chi connectivity index (χ2n) is 3.93. The Labute approximate surface area is 99.2 Å². The van der Waals surface area contributed by atoms with E-state index in [0.717, 1.165) is 19.0 Å². The van der Waals surface area contributed by atoms with Crippen LogP contribution >= 0.6 is 0 Å². The van der Waals surface area contributed by atoms with Crippen molar-refractivity contribution < 1.29 is 19.1 Å². The van der Waals surface area contributed by atoms with E-state index in [2.05, 4.69) is 0 Å². The molecule has 0 heterocycles. The van der Waals surface area contributed by atoms with Crippen molar-refractivity contribution in [2.24, 2.45) is 0 Å². The van der Waals surface area contributed by atoms with Crippen molar-refractivity contribution in [3.63, 3.8) is 0 Å². The monoisotopic (exact) mass is 251 g/mol. The van der Waals surface area contributed by atoms with E-state index >= 15 is 0 Å². The summed E-state index contributed by atoms with van der Waals surface area (Å²) in [5, 5.41) is 17.7. The fourth-order valence-corrected chi connectivity index (χ4v) is 2.90. The van der Waals surface area contributed by atoms with Crippen molar-refractivity contribution >= 4 is 8.56 Å². The molecule has 0 aromatic rings. The molecule has 0 atom stereocenters.